The van der Waals surface area contributed by atoms with Crippen molar-refractivity contribution in [3.63, 3.8) is 0 Å². The number of aromatic nitrogens is 5. The molecule has 0 saturated carbocycles. The maximum atomic E-state index is 14.3. The Morgan fingerprint density at radius 1 is 0.974 bits per heavy atom. The van der Waals surface area contributed by atoms with Crippen LogP contribution in [0.2, 0.25) is 0 Å². The molecule has 0 unspecified atom stereocenters. The molecule has 38 heavy (non-hydrogen) atoms. The molecule has 1 aromatic carbocycles. The molecule has 0 radical (unpaired) electrons. The second-order valence-corrected chi connectivity index (χ2v) is 9.77. The predicted octanol–water partition coefficient (Wildman–Crippen LogP) is 4.19. The second kappa shape index (κ2) is 10.3. The van der Waals surface area contributed by atoms with Gasteiger partial charge in [0.15, 0.2) is 0 Å². The van der Waals surface area contributed by atoms with E-state index in [1.54, 1.807) is 22.8 Å². The van der Waals surface area contributed by atoms with Gasteiger partial charge in [-0.25, -0.2) is 9.18 Å². The topological polar surface area (TPSA) is 91.2 Å². The summed E-state index contributed by atoms with van der Waals surface area (Å²) in [5.41, 5.74) is 1.92. The summed E-state index contributed by atoms with van der Waals surface area (Å²) in [5.74, 6) is -1.25. The van der Waals surface area contributed by atoms with Gasteiger partial charge < -0.3 is 14.1 Å². The molecular formula is C26H27F3N6O3. The van der Waals surface area contributed by atoms with Crippen LogP contribution in [0.5, 0.6) is 0 Å². The van der Waals surface area contributed by atoms with E-state index in [4.69, 9.17) is 9.15 Å². The maximum Gasteiger partial charge on any atom is 0.329 e. The Labute approximate surface area is 215 Å². The first kappa shape index (κ1) is 24.8. The first-order valence-electron chi connectivity index (χ1n) is 12.8. The molecule has 0 aliphatic carbocycles. The molecule has 6 rings (SSSR count). The van der Waals surface area contributed by atoms with E-state index < -0.39 is 18.1 Å². The zero-order valence-electron chi connectivity index (χ0n) is 20.6. The molecule has 2 aliphatic rings. The molecule has 12 heteroatoms. The zero-order valence-corrected chi connectivity index (χ0v) is 20.6. The van der Waals surface area contributed by atoms with Crippen molar-refractivity contribution >= 4 is 11.0 Å². The quantitative estimate of drug-likeness (QED) is 0.371. The van der Waals surface area contributed by atoms with Crippen LogP contribution >= 0.6 is 0 Å². The van der Waals surface area contributed by atoms with Crippen LogP contribution in [0.3, 0.4) is 0 Å². The fourth-order valence-electron chi connectivity index (χ4n) is 5.56. The minimum atomic E-state index is -2.86. The van der Waals surface area contributed by atoms with Crippen LogP contribution in [0, 0.1) is 5.82 Å². The monoisotopic (exact) mass is 528 g/mol. The molecule has 0 bridgehead atoms. The highest BCUT2D eigenvalue weighted by Gasteiger charge is 2.29. The third kappa shape index (κ3) is 4.73. The fourth-order valence-corrected chi connectivity index (χ4v) is 5.56. The van der Waals surface area contributed by atoms with E-state index in [1.807, 2.05) is 0 Å². The van der Waals surface area contributed by atoms with Crippen molar-refractivity contribution in [2.24, 2.45) is 0 Å². The van der Waals surface area contributed by atoms with Crippen LogP contribution in [0.4, 0.5) is 13.2 Å². The number of piperidine rings is 1. The van der Waals surface area contributed by atoms with Crippen LogP contribution < -0.4 is 5.69 Å². The lowest BCUT2D eigenvalue weighted by Crippen LogP contribution is -2.45. The lowest BCUT2D eigenvalue weighted by molar-refractivity contribution is 0.0220. The van der Waals surface area contributed by atoms with Crippen LogP contribution in [0.1, 0.15) is 49.7 Å². The van der Waals surface area contributed by atoms with Crippen molar-refractivity contribution in [2.45, 2.75) is 50.7 Å². The van der Waals surface area contributed by atoms with Crippen molar-refractivity contribution in [3.8, 4) is 11.5 Å². The number of imidazole rings is 1. The van der Waals surface area contributed by atoms with Crippen molar-refractivity contribution in [2.75, 3.05) is 26.3 Å². The van der Waals surface area contributed by atoms with E-state index in [9.17, 15) is 18.0 Å². The lowest BCUT2D eigenvalue weighted by Gasteiger charge is -2.39. The summed E-state index contributed by atoms with van der Waals surface area (Å²) in [6.45, 7) is 3.52. The molecule has 2 saturated heterocycles. The number of benzene rings is 1. The van der Waals surface area contributed by atoms with Gasteiger partial charge in [0.2, 0.25) is 5.89 Å². The van der Waals surface area contributed by atoms with E-state index in [-0.39, 0.29) is 24.2 Å². The molecule has 0 spiro atoms. The molecule has 5 heterocycles. The van der Waals surface area contributed by atoms with Gasteiger partial charge in [0, 0.05) is 44.6 Å². The minimum Gasteiger partial charge on any atom is -0.415 e. The number of rotatable bonds is 6. The summed E-state index contributed by atoms with van der Waals surface area (Å²) in [7, 11) is 0. The van der Waals surface area contributed by atoms with E-state index in [2.05, 4.69) is 20.1 Å². The molecule has 2 aliphatic heterocycles. The van der Waals surface area contributed by atoms with E-state index in [1.165, 1.54) is 22.9 Å². The number of likely N-dealkylation sites (tertiary alicyclic amines) is 1. The van der Waals surface area contributed by atoms with Gasteiger partial charge in [-0.05, 0) is 56.0 Å². The van der Waals surface area contributed by atoms with Gasteiger partial charge in [0.05, 0.1) is 28.8 Å². The third-order valence-electron chi connectivity index (χ3n) is 7.52. The summed E-state index contributed by atoms with van der Waals surface area (Å²) in [6.07, 6.45) is 2.32. The Hall–Kier alpha value is -3.51. The summed E-state index contributed by atoms with van der Waals surface area (Å²) in [5, 5.41) is 6.96. The lowest BCUT2D eigenvalue weighted by atomic mass is 9.99. The fraction of sp³-hybridized carbons (Fsp3) is 0.462. The third-order valence-corrected chi connectivity index (χ3v) is 7.52. The van der Waals surface area contributed by atoms with Crippen LogP contribution in [-0.4, -0.2) is 61.6 Å². The van der Waals surface area contributed by atoms with E-state index in [0.29, 0.717) is 28.3 Å². The van der Waals surface area contributed by atoms with E-state index in [0.717, 1.165) is 52.0 Å². The van der Waals surface area contributed by atoms with Crippen molar-refractivity contribution in [1.82, 2.24) is 29.2 Å². The highest BCUT2D eigenvalue weighted by Crippen LogP contribution is 2.29. The molecule has 3 aromatic heterocycles. The van der Waals surface area contributed by atoms with Gasteiger partial charge in [0.25, 0.3) is 5.89 Å². The van der Waals surface area contributed by atoms with Gasteiger partial charge in [-0.2, -0.15) is 8.78 Å². The van der Waals surface area contributed by atoms with Gasteiger partial charge in [0.1, 0.15) is 5.82 Å². The van der Waals surface area contributed by atoms with Crippen LogP contribution in [-0.2, 0) is 11.3 Å². The maximum absolute atomic E-state index is 14.3. The van der Waals surface area contributed by atoms with Crippen LogP contribution in [0.25, 0.3) is 22.5 Å². The van der Waals surface area contributed by atoms with Gasteiger partial charge in [-0.1, -0.05) is 0 Å². The second-order valence-electron chi connectivity index (χ2n) is 9.77. The Balaban J connectivity index is 1.25. The normalized spacial score (nSPS) is 18.1. The van der Waals surface area contributed by atoms with Crippen molar-refractivity contribution in [3.05, 3.63) is 64.4 Å². The zero-order chi connectivity index (χ0) is 26.2. The van der Waals surface area contributed by atoms with Gasteiger partial charge in [-0.15, -0.1) is 10.2 Å². The standard InChI is InChI=1S/C26H27F3N6O3/c27-17-2-4-21-22(13-17)34(15-18-3-1-16(14-30-18)24-31-32-25(38-24)23(28)29)26(36)35(21)20-5-9-33(10-6-20)19-7-11-37-12-8-19/h1-4,13-14,19-20,23H,5-12,15H2. The smallest absolute Gasteiger partial charge is 0.329 e. The van der Waals surface area contributed by atoms with Crippen molar-refractivity contribution < 1.29 is 22.3 Å². The summed E-state index contributed by atoms with van der Waals surface area (Å²) in [6, 6.07) is 8.24. The highest BCUT2D eigenvalue weighted by atomic mass is 19.3. The Kier molecular flexibility index (Phi) is 6.75. The average molecular weight is 529 g/mol. The first-order chi connectivity index (χ1) is 18.5. The Morgan fingerprint density at radius 3 is 2.45 bits per heavy atom. The van der Waals surface area contributed by atoms with E-state index >= 15 is 0 Å². The van der Waals surface area contributed by atoms with Crippen LogP contribution in [0.15, 0.2) is 45.7 Å². The average Bonchev–Trinajstić information content (AvgIpc) is 3.54. The molecule has 9 nitrogen and oxygen atoms in total. The molecule has 0 atom stereocenters. The molecule has 200 valence electrons. The molecule has 4 aromatic rings. The first-order valence-corrected chi connectivity index (χ1v) is 12.8. The number of halogens is 3. The van der Waals surface area contributed by atoms with Gasteiger partial charge >= 0.3 is 12.1 Å². The minimum absolute atomic E-state index is 0.0182. The van der Waals surface area contributed by atoms with Crippen molar-refractivity contribution in [1.29, 1.82) is 0 Å². The molecule has 2 fully saturated rings. The number of ether oxygens (including phenoxy) is 1. The highest BCUT2D eigenvalue weighted by molar-refractivity contribution is 5.76. The number of nitrogens with zero attached hydrogens (tertiary/aromatic N) is 6. The molecule has 0 amide bonds. The largest absolute Gasteiger partial charge is 0.415 e. The number of fused-ring (bicyclic) bond motifs is 1. The Morgan fingerprint density at radius 2 is 1.76 bits per heavy atom. The number of hydrogen-bond acceptors (Lipinski definition) is 7. The summed E-state index contributed by atoms with van der Waals surface area (Å²) >= 11 is 0. The van der Waals surface area contributed by atoms with Gasteiger partial charge in [-0.3, -0.25) is 14.1 Å². The number of alkyl halides is 2. The Bertz CT molecular complexity index is 1470. The number of pyridine rings is 1. The predicted molar refractivity (Wildman–Crippen MR) is 131 cm³/mol. The molecule has 0 N–H and O–H groups in total. The number of hydrogen-bond donors (Lipinski definition) is 0. The molecular weight excluding hydrogens is 501 g/mol. The summed E-state index contributed by atoms with van der Waals surface area (Å²) < 4.78 is 53.6. The summed E-state index contributed by atoms with van der Waals surface area (Å²) in [4.78, 5) is 20.5. The SMILES string of the molecule is O=c1n(Cc2ccc(-c3nnc(C(F)F)o3)cn2)c2cc(F)ccc2n1C1CCN(C2CCOCC2)CC1.